The lowest BCUT2D eigenvalue weighted by molar-refractivity contribution is -0.189. The number of alkyl halides is 3. The molecule has 16 nitrogen and oxygen atoms in total. The van der Waals surface area contributed by atoms with Gasteiger partial charge in [-0.2, -0.15) is 18.4 Å². The maximum absolute atomic E-state index is 15.0. The molecule has 10 rings (SSSR count). The Hall–Kier alpha value is -5.62. The van der Waals surface area contributed by atoms with Gasteiger partial charge in [-0.3, -0.25) is 15.1 Å². The number of esters is 2. The highest BCUT2D eigenvalue weighted by atomic mass is 32.2. The molecule has 20 heteroatoms. The molecule has 7 heterocycles. The van der Waals surface area contributed by atoms with Crippen LogP contribution < -0.4 is 33.7 Å². The zero-order valence-corrected chi connectivity index (χ0v) is 37.6. The highest BCUT2D eigenvalue weighted by Crippen LogP contribution is 2.65. The lowest BCUT2D eigenvalue weighted by Crippen LogP contribution is -2.69. The second-order valence-corrected chi connectivity index (χ2v) is 19.1. The number of carbonyl (C=O) groups is 3. The van der Waals surface area contributed by atoms with E-state index in [1.807, 2.05) is 22.9 Å². The zero-order valence-electron chi connectivity index (χ0n) is 36.8. The Morgan fingerprint density at radius 2 is 1.72 bits per heavy atom. The van der Waals surface area contributed by atoms with E-state index in [1.54, 1.807) is 39.8 Å². The van der Waals surface area contributed by atoms with E-state index in [0.29, 0.717) is 35.1 Å². The van der Waals surface area contributed by atoms with Gasteiger partial charge in [-0.25, -0.2) is 14.4 Å². The number of halogens is 3. The summed E-state index contributed by atoms with van der Waals surface area (Å²) < 4.78 is 88.9. The van der Waals surface area contributed by atoms with Crippen LogP contribution in [0.4, 0.5) is 18.0 Å². The molecule has 2 saturated heterocycles. The number of aromatic hydroxyl groups is 1. The number of nitrogens with zero attached hydrogens (tertiary/aromatic N) is 3. The number of carbonyl (C=O) groups excluding carboxylic acids is 3. The van der Waals surface area contributed by atoms with E-state index in [4.69, 9.17) is 37.9 Å². The van der Waals surface area contributed by atoms with Gasteiger partial charge in [0, 0.05) is 46.6 Å². The predicted octanol–water partition coefficient (Wildman–Crippen LogP) is 6.14. The lowest BCUT2D eigenvalue weighted by Gasteiger charge is -2.62. The summed E-state index contributed by atoms with van der Waals surface area (Å²) in [4.78, 5) is 44.7. The van der Waals surface area contributed by atoms with Crippen LogP contribution in [-0.2, 0) is 37.4 Å². The number of hydrogen-bond donors (Lipinski definition) is 2. The first-order valence-corrected chi connectivity index (χ1v) is 22.0. The first-order valence-electron chi connectivity index (χ1n) is 20.9. The molecule has 0 saturated carbocycles. The van der Waals surface area contributed by atoms with Crippen LogP contribution in [-0.4, -0.2) is 110 Å². The molecular weight excluding hydrogens is 878 g/mol. The number of methoxy groups -OCH3 is 2. The molecule has 0 aliphatic carbocycles. The second-order valence-electron chi connectivity index (χ2n) is 17.9. The quantitative estimate of drug-likeness (QED) is 0.173. The molecule has 3 aromatic carbocycles. The smallest absolute Gasteiger partial charge is 0.504 e. The monoisotopic (exact) mass is 924 g/mol. The molecule has 4 bridgehead atoms. The fourth-order valence-corrected chi connectivity index (χ4v) is 12.3. The van der Waals surface area contributed by atoms with Crippen molar-refractivity contribution in [2.75, 3.05) is 47.0 Å². The Bertz CT molecular complexity index is 2580. The number of phenolic OH excluding ortho intramolecular Hbond substituents is 1. The maximum Gasteiger partial charge on any atom is 0.514 e. The average Bonchev–Trinajstić information content (AvgIpc) is 3.73. The number of likely N-dealkylation sites (N-methyl/N-ethyl adjacent to an activating group) is 1. The van der Waals surface area contributed by atoms with Gasteiger partial charge in [-0.15, -0.1) is 11.8 Å². The van der Waals surface area contributed by atoms with E-state index in [-0.39, 0.29) is 70.3 Å². The van der Waals surface area contributed by atoms with Crippen molar-refractivity contribution in [2.24, 2.45) is 0 Å². The fraction of sp³-hybridized carbons (Fsp3) is 0.511. The SMILES string of the molecule is COc1cc2c(cc1OC(=O)OC(C)(C)C)CCN[C@]21CS[C@@H]2c3c(OC(=O)C(F)(F)F)c(C)c4c(c3[C@@H](COC1=O)N1C2[C@H]2c3c(cc(C)c(OC)c3O)C[C@@H]([C@@H]1C#N)N2C)OCO4. The van der Waals surface area contributed by atoms with Gasteiger partial charge < -0.3 is 43.0 Å². The molecule has 0 radical (unpaired) electrons. The third-order valence-electron chi connectivity index (χ3n) is 13.2. The molecule has 2 fully saturated rings. The van der Waals surface area contributed by atoms with Crippen LogP contribution >= 0.6 is 11.8 Å². The Labute approximate surface area is 376 Å². The standard InChI is InChI=1S/C45H47F3N4O12S/c1-19-11-22-12-24-25(15-49)52-26-16-59-40(54)44(23-14-27(57-7)28(13-21(23)9-10-50-44)62-42(56)64-43(3,4)5)17-65-39(33(52)32(51(24)6)29(22)34(53)35(19)58-8)31-30(26)38-37(60-18-61-38)20(2)36(31)63-41(55)45(46,47)48/h11,13-14,24-26,32-33,39,50,53H,9-10,12,16-18H2,1-8H3/t24-,25-,26+,32+,33?,39+,44+/m0/s1. The molecule has 65 heavy (non-hydrogen) atoms. The Balaban J connectivity index is 1.28. The summed E-state index contributed by atoms with van der Waals surface area (Å²) in [5.74, 6) is -3.23. The number of thioether (sulfide) groups is 1. The molecule has 7 aliphatic rings. The number of benzene rings is 3. The molecule has 2 N–H and O–H groups in total. The third kappa shape index (κ3) is 6.95. The van der Waals surface area contributed by atoms with E-state index >= 15 is 4.79 Å². The Morgan fingerprint density at radius 3 is 2.40 bits per heavy atom. The minimum atomic E-state index is -5.39. The highest BCUT2D eigenvalue weighted by Gasteiger charge is 2.62. The lowest BCUT2D eigenvalue weighted by atomic mass is 9.71. The molecule has 0 aromatic heterocycles. The van der Waals surface area contributed by atoms with Crippen LogP contribution in [0.1, 0.15) is 82.6 Å². The van der Waals surface area contributed by atoms with Gasteiger partial charge in [0.15, 0.2) is 40.0 Å². The van der Waals surface area contributed by atoms with E-state index in [2.05, 4.69) is 11.4 Å². The minimum Gasteiger partial charge on any atom is -0.504 e. The summed E-state index contributed by atoms with van der Waals surface area (Å²) in [6.07, 6.45) is -5.64. The number of ether oxygens (including phenoxy) is 8. The van der Waals surface area contributed by atoms with Crippen molar-refractivity contribution in [3.05, 3.63) is 62.7 Å². The molecular formula is C45H47F3N4O12S. The summed E-state index contributed by atoms with van der Waals surface area (Å²) in [6, 6.07) is 3.51. The van der Waals surface area contributed by atoms with Crippen LogP contribution in [0.2, 0.25) is 0 Å². The first kappa shape index (κ1) is 44.6. The van der Waals surface area contributed by atoms with E-state index < -0.39 is 83.2 Å². The van der Waals surface area contributed by atoms with Crippen molar-refractivity contribution in [2.45, 2.75) is 100 Å². The number of aryl methyl sites for hydroxylation is 1. The van der Waals surface area contributed by atoms with Crippen molar-refractivity contribution < 1.29 is 70.6 Å². The van der Waals surface area contributed by atoms with Crippen molar-refractivity contribution in [3.8, 4) is 46.3 Å². The van der Waals surface area contributed by atoms with Crippen LogP contribution in [0.15, 0.2) is 18.2 Å². The van der Waals surface area contributed by atoms with E-state index in [1.165, 1.54) is 32.9 Å². The highest BCUT2D eigenvalue weighted by molar-refractivity contribution is 7.99. The predicted molar refractivity (Wildman–Crippen MR) is 224 cm³/mol. The van der Waals surface area contributed by atoms with Crippen LogP contribution in [0.5, 0.6) is 40.2 Å². The average molecular weight is 925 g/mol. The molecule has 346 valence electrons. The van der Waals surface area contributed by atoms with Gasteiger partial charge in [0.25, 0.3) is 0 Å². The first-order chi connectivity index (χ1) is 30.7. The minimum absolute atomic E-state index is 0.0474. The molecule has 7 atom stereocenters. The molecule has 1 spiro atoms. The number of fused-ring (bicyclic) bond motifs is 9. The van der Waals surface area contributed by atoms with Crippen LogP contribution in [0, 0.1) is 25.2 Å². The van der Waals surface area contributed by atoms with Crippen LogP contribution in [0.3, 0.4) is 0 Å². The van der Waals surface area contributed by atoms with E-state index in [0.717, 1.165) is 5.56 Å². The zero-order chi connectivity index (χ0) is 46.7. The van der Waals surface area contributed by atoms with Gasteiger partial charge in [0.1, 0.15) is 24.0 Å². The van der Waals surface area contributed by atoms with Crippen LogP contribution in [0.25, 0.3) is 0 Å². The molecule has 3 aromatic rings. The van der Waals surface area contributed by atoms with E-state index in [9.17, 15) is 33.1 Å². The number of piperazine rings is 1. The largest absolute Gasteiger partial charge is 0.514 e. The summed E-state index contributed by atoms with van der Waals surface area (Å²) in [5.41, 5.74) is 0.972. The summed E-state index contributed by atoms with van der Waals surface area (Å²) in [5, 5.41) is 25.7. The maximum atomic E-state index is 15.0. The van der Waals surface area contributed by atoms with Crippen molar-refractivity contribution >= 4 is 29.9 Å². The number of rotatable bonds is 4. The van der Waals surface area contributed by atoms with Crippen molar-refractivity contribution in [3.63, 3.8) is 0 Å². The van der Waals surface area contributed by atoms with Crippen molar-refractivity contribution in [1.82, 2.24) is 15.1 Å². The number of nitriles is 1. The number of phenols is 1. The third-order valence-corrected chi connectivity index (χ3v) is 14.7. The van der Waals surface area contributed by atoms with Gasteiger partial charge in [0.05, 0.1) is 37.6 Å². The molecule has 1 unspecified atom stereocenters. The Kier molecular flexibility index (Phi) is 10.8. The van der Waals surface area contributed by atoms with Gasteiger partial charge in [-0.05, 0) is 88.9 Å². The van der Waals surface area contributed by atoms with Gasteiger partial charge in [-0.1, -0.05) is 6.07 Å². The normalized spacial score (nSPS) is 26.7. The summed E-state index contributed by atoms with van der Waals surface area (Å²) in [7, 11) is 4.65. The fourth-order valence-electron chi connectivity index (χ4n) is 10.6. The molecule has 7 aliphatic heterocycles. The summed E-state index contributed by atoms with van der Waals surface area (Å²) in [6.45, 7) is 7.84. The number of nitrogens with one attached hydrogen (secondary N) is 1. The second kappa shape index (κ2) is 15.8. The number of hydrogen-bond acceptors (Lipinski definition) is 17. The molecule has 0 amide bonds. The topological polar surface area (TPSA) is 188 Å². The van der Waals surface area contributed by atoms with Gasteiger partial charge >= 0.3 is 24.3 Å². The Morgan fingerprint density at radius 1 is 0.985 bits per heavy atom. The van der Waals surface area contributed by atoms with Crippen molar-refractivity contribution in [1.29, 1.82) is 5.26 Å². The van der Waals surface area contributed by atoms with Gasteiger partial charge in [0.2, 0.25) is 6.79 Å². The summed E-state index contributed by atoms with van der Waals surface area (Å²) >= 11 is 1.18.